The molecule has 0 aliphatic carbocycles. The van der Waals surface area contributed by atoms with Gasteiger partial charge in [0, 0.05) is 62.9 Å². The summed E-state index contributed by atoms with van der Waals surface area (Å²) in [7, 11) is 1.73. The lowest BCUT2D eigenvalue weighted by molar-refractivity contribution is -0.140. The number of nitrogens with two attached hydrogens (primary N) is 1. The van der Waals surface area contributed by atoms with E-state index in [1.54, 1.807) is 30.6 Å². The van der Waals surface area contributed by atoms with Gasteiger partial charge in [-0.25, -0.2) is 4.98 Å². The maximum atomic E-state index is 13.8. The summed E-state index contributed by atoms with van der Waals surface area (Å²) in [5.74, 6) is -0.797. The SMILES string of the molecule is CCC(C)(C)C(NC(=O)c1ccc(-c2csc(N3CCN(CCOC)CC3)n2)cc1)C(=O)N1C[C@@H](N)[C@H]2OCC(=O)[C@H]21. The predicted molar refractivity (Wildman–Crippen MR) is 162 cm³/mol. The number of methoxy groups -OCH3 is 1. The number of carbonyl (C=O) groups excluding carboxylic acids is 3. The number of aromatic nitrogens is 1. The number of piperazine rings is 1. The summed E-state index contributed by atoms with van der Waals surface area (Å²) in [6.45, 7) is 11.6. The normalized spacial score (nSPS) is 23.7. The summed E-state index contributed by atoms with van der Waals surface area (Å²) >= 11 is 1.62. The summed E-state index contributed by atoms with van der Waals surface area (Å²) in [5.41, 5.74) is 7.89. The lowest BCUT2D eigenvalue weighted by atomic mass is 9.80. The quantitative estimate of drug-likeness (QED) is 0.419. The minimum atomic E-state index is -0.829. The molecule has 1 unspecified atom stereocenters. The van der Waals surface area contributed by atoms with Crippen molar-refractivity contribution in [2.24, 2.45) is 11.1 Å². The van der Waals surface area contributed by atoms with Gasteiger partial charge in [0.05, 0.1) is 18.3 Å². The first-order valence-corrected chi connectivity index (χ1v) is 15.5. The zero-order valence-electron chi connectivity index (χ0n) is 24.9. The van der Waals surface area contributed by atoms with E-state index in [0.717, 1.165) is 55.7 Å². The smallest absolute Gasteiger partial charge is 0.251 e. The van der Waals surface area contributed by atoms with Gasteiger partial charge in [-0.1, -0.05) is 32.9 Å². The van der Waals surface area contributed by atoms with E-state index in [1.165, 1.54) is 4.90 Å². The second-order valence-electron chi connectivity index (χ2n) is 12.0. The minimum Gasteiger partial charge on any atom is -0.383 e. The number of benzene rings is 1. The van der Waals surface area contributed by atoms with Crippen molar-refractivity contribution in [3.05, 3.63) is 35.2 Å². The Bertz CT molecular complexity index is 1280. The van der Waals surface area contributed by atoms with Crippen LogP contribution < -0.4 is 16.0 Å². The highest BCUT2D eigenvalue weighted by molar-refractivity contribution is 7.14. The van der Waals surface area contributed by atoms with E-state index in [2.05, 4.69) is 15.1 Å². The molecule has 42 heavy (non-hydrogen) atoms. The Morgan fingerprint density at radius 2 is 1.93 bits per heavy atom. The van der Waals surface area contributed by atoms with Crippen molar-refractivity contribution in [3.8, 4) is 11.3 Å². The number of ether oxygens (including phenoxy) is 2. The van der Waals surface area contributed by atoms with E-state index in [-0.39, 0.29) is 30.7 Å². The highest BCUT2D eigenvalue weighted by atomic mass is 32.1. The largest absolute Gasteiger partial charge is 0.383 e. The number of carbonyl (C=O) groups is 3. The molecule has 0 spiro atoms. The van der Waals surface area contributed by atoms with Crippen LogP contribution in [0.2, 0.25) is 0 Å². The van der Waals surface area contributed by atoms with Crippen LogP contribution >= 0.6 is 11.3 Å². The van der Waals surface area contributed by atoms with Gasteiger partial charge in [-0.3, -0.25) is 19.3 Å². The van der Waals surface area contributed by atoms with Gasteiger partial charge in [0.1, 0.15) is 24.8 Å². The number of hydrogen-bond donors (Lipinski definition) is 2. The Kier molecular flexibility index (Phi) is 9.28. The molecule has 1 aromatic carbocycles. The van der Waals surface area contributed by atoms with Crippen molar-refractivity contribution < 1.29 is 23.9 Å². The molecule has 0 radical (unpaired) electrons. The Morgan fingerprint density at radius 3 is 2.60 bits per heavy atom. The minimum absolute atomic E-state index is 0.0423. The molecule has 3 N–H and O–H groups in total. The topological polar surface area (TPSA) is 130 Å². The van der Waals surface area contributed by atoms with Crippen LogP contribution in [-0.4, -0.2) is 116 Å². The molecule has 0 bridgehead atoms. The molecule has 4 atom stereocenters. The lowest BCUT2D eigenvalue weighted by Crippen LogP contribution is -2.57. The van der Waals surface area contributed by atoms with Crippen molar-refractivity contribution in [3.63, 3.8) is 0 Å². The molecule has 11 nitrogen and oxygen atoms in total. The number of ketones is 1. The fourth-order valence-electron chi connectivity index (χ4n) is 5.81. The van der Waals surface area contributed by atoms with Crippen LogP contribution in [0.1, 0.15) is 37.6 Å². The van der Waals surface area contributed by atoms with E-state index >= 15 is 0 Å². The molecule has 12 heteroatoms. The summed E-state index contributed by atoms with van der Waals surface area (Å²) in [4.78, 5) is 50.8. The first-order valence-electron chi connectivity index (χ1n) is 14.7. The van der Waals surface area contributed by atoms with Gasteiger partial charge in [-0.05, 0) is 24.0 Å². The first kappa shape index (κ1) is 30.6. The van der Waals surface area contributed by atoms with Gasteiger partial charge in [0.25, 0.3) is 5.91 Å². The van der Waals surface area contributed by atoms with Crippen molar-refractivity contribution in [2.75, 3.05) is 64.5 Å². The van der Waals surface area contributed by atoms with E-state index in [0.29, 0.717) is 12.0 Å². The van der Waals surface area contributed by atoms with Gasteiger partial charge in [0.2, 0.25) is 5.91 Å². The molecule has 4 heterocycles. The third-order valence-corrected chi connectivity index (χ3v) is 9.81. The zero-order chi connectivity index (χ0) is 30.0. The monoisotopic (exact) mass is 598 g/mol. The molecule has 3 aliphatic rings. The van der Waals surface area contributed by atoms with Gasteiger partial charge in [0.15, 0.2) is 10.9 Å². The van der Waals surface area contributed by atoms with E-state index in [4.69, 9.17) is 20.2 Å². The second-order valence-corrected chi connectivity index (χ2v) is 12.8. The van der Waals surface area contributed by atoms with Crippen molar-refractivity contribution in [1.29, 1.82) is 0 Å². The standard InChI is InChI=1S/C30H42N6O5S/c1-5-30(2,3)26(28(39)36-16-21(31)25-24(36)23(37)17-41-25)33-27(38)20-8-6-19(7-9-20)22-18-42-29(32-22)35-12-10-34(11-13-35)14-15-40-4/h6-9,18,21,24-26H,5,10-17,31H2,1-4H3,(H,33,38)/t21-,24-,25-,26?/m1/s1. The number of thiazole rings is 1. The average molecular weight is 599 g/mol. The van der Waals surface area contributed by atoms with Crippen LogP contribution in [0.25, 0.3) is 11.3 Å². The lowest BCUT2D eigenvalue weighted by Gasteiger charge is -2.36. The van der Waals surface area contributed by atoms with Crippen LogP contribution in [0.5, 0.6) is 0 Å². The maximum Gasteiger partial charge on any atom is 0.251 e. The number of likely N-dealkylation sites (tertiary alicyclic amines) is 1. The Labute approximate surface area is 251 Å². The highest BCUT2D eigenvalue weighted by Gasteiger charge is 2.53. The van der Waals surface area contributed by atoms with Crippen LogP contribution in [0.15, 0.2) is 29.6 Å². The molecule has 3 fully saturated rings. The van der Waals surface area contributed by atoms with Gasteiger partial charge in [-0.2, -0.15) is 0 Å². The summed E-state index contributed by atoms with van der Waals surface area (Å²) in [6.07, 6.45) is 0.155. The Hall–Kier alpha value is -2.90. The molecule has 0 saturated carbocycles. The Balaban J connectivity index is 1.25. The number of nitrogens with one attached hydrogen (secondary N) is 1. The molecule has 1 aromatic heterocycles. The van der Waals surface area contributed by atoms with Gasteiger partial charge < -0.3 is 30.3 Å². The highest BCUT2D eigenvalue weighted by Crippen LogP contribution is 2.33. The molecule has 228 valence electrons. The van der Waals surface area contributed by atoms with Crippen LogP contribution in [0.4, 0.5) is 5.13 Å². The first-order chi connectivity index (χ1) is 20.1. The second kappa shape index (κ2) is 12.8. The molecule has 2 amide bonds. The van der Waals surface area contributed by atoms with Crippen LogP contribution in [-0.2, 0) is 19.1 Å². The number of hydrogen-bond acceptors (Lipinski definition) is 10. The van der Waals surface area contributed by atoms with Gasteiger partial charge >= 0.3 is 0 Å². The van der Waals surface area contributed by atoms with Gasteiger partial charge in [-0.15, -0.1) is 11.3 Å². The maximum absolute atomic E-state index is 13.8. The Morgan fingerprint density at radius 1 is 1.21 bits per heavy atom. The number of nitrogens with zero attached hydrogens (tertiary/aromatic N) is 4. The third kappa shape index (κ3) is 6.23. The summed E-state index contributed by atoms with van der Waals surface area (Å²) in [6, 6.07) is 5.33. The van der Waals surface area contributed by atoms with E-state index in [1.807, 2.05) is 38.3 Å². The van der Waals surface area contributed by atoms with Crippen molar-refractivity contribution in [2.45, 2.75) is 51.4 Å². The number of Topliss-reactive ketones (excluding diaryl/α,β-unsaturated/α-hetero) is 1. The number of rotatable bonds is 10. The molecule has 3 saturated heterocycles. The summed E-state index contributed by atoms with van der Waals surface area (Å²) in [5, 5.41) is 6.02. The molecular formula is C30H42N6O5S. The molecule has 3 aliphatic heterocycles. The predicted octanol–water partition coefficient (Wildman–Crippen LogP) is 1.62. The number of anilines is 1. The summed E-state index contributed by atoms with van der Waals surface area (Å²) < 4.78 is 10.8. The molecular weight excluding hydrogens is 556 g/mol. The van der Waals surface area contributed by atoms with Crippen molar-refractivity contribution in [1.82, 2.24) is 20.1 Å². The molecule has 5 rings (SSSR count). The van der Waals surface area contributed by atoms with Crippen molar-refractivity contribution >= 4 is 34.1 Å². The average Bonchev–Trinajstić information content (AvgIpc) is 3.72. The zero-order valence-corrected chi connectivity index (χ0v) is 25.7. The molecule has 2 aromatic rings. The van der Waals surface area contributed by atoms with Crippen LogP contribution in [0, 0.1) is 5.41 Å². The van der Waals surface area contributed by atoms with E-state index < -0.39 is 29.6 Å². The van der Waals surface area contributed by atoms with Crippen LogP contribution in [0.3, 0.4) is 0 Å². The van der Waals surface area contributed by atoms with E-state index in [9.17, 15) is 14.4 Å². The third-order valence-electron chi connectivity index (χ3n) is 8.91. The number of amides is 2. The fraction of sp³-hybridized carbons (Fsp3) is 0.600. The fourth-order valence-corrected chi connectivity index (χ4v) is 6.70. The number of fused-ring (bicyclic) bond motifs is 1.